The van der Waals surface area contributed by atoms with Gasteiger partial charge in [-0.2, -0.15) is 0 Å². The maximum atomic E-state index is 13.2. The fraction of sp³-hybridized carbons (Fsp3) is 0.143. The minimum absolute atomic E-state index is 0.0488. The Bertz CT molecular complexity index is 822. The van der Waals surface area contributed by atoms with Crippen LogP contribution in [0.4, 0.5) is 4.39 Å². The number of halogens is 1. The molecular formula is C21H20FNOS. The summed E-state index contributed by atoms with van der Waals surface area (Å²) in [6.07, 6.45) is 0. The average molecular weight is 353 g/mol. The van der Waals surface area contributed by atoms with Crippen molar-refractivity contribution in [3.8, 4) is 0 Å². The number of rotatable bonds is 6. The van der Waals surface area contributed by atoms with Gasteiger partial charge in [0.2, 0.25) is 0 Å². The van der Waals surface area contributed by atoms with E-state index in [1.165, 1.54) is 12.1 Å². The molecule has 2 atom stereocenters. The van der Waals surface area contributed by atoms with E-state index in [4.69, 9.17) is 0 Å². The average Bonchev–Trinajstić information content (AvgIpc) is 2.67. The standard InChI is InChI=1S/C21H20FNOS/c1-17(19-10-6-3-7-11-19)23(16-18-8-4-2-5-9-18)25(24)21-14-12-20(22)13-15-21/h2-15,17H,16H2,1H3/t17-,25?/m1/s1. The fourth-order valence-electron chi connectivity index (χ4n) is 2.69. The summed E-state index contributed by atoms with van der Waals surface area (Å²) in [4.78, 5) is 0.597. The molecule has 4 heteroatoms. The molecule has 0 aromatic heterocycles. The highest BCUT2D eigenvalue weighted by Crippen LogP contribution is 2.27. The van der Waals surface area contributed by atoms with Gasteiger partial charge >= 0.3 is 0 Å². The molecule has 2 nitrogen and oxygen atoms in total. The molecule has 0 fully saturated rings. The smallest absolute Gasteiger partial charge is 0.128 e. The van der Waals surface area contributed by atoms with Crippen molar-refractivity contribution in [2.45, 2.75) is 24.4 Å². The van der Waals surface area contributed by atoms with Crippen LogP contribution in [0.2, 0.25) is 0 Å². The highest BCUT2D eigenvalue weighted by Gasteiger charge is 2.23. The predicted molar refractivity (Wildman–Crippen MR) is 99.7 cm³/mol. The van der Waals surface area contributed by atoms with E-state index in [0.717, 1.165) is 11.1 Å². The van der Waals surface area contributed by atoms with Crippen LogP contribution in [0.3, 0.4) is 0 Å². The molecule has 3 rings (SSSR count). The number of nitrogens with zero attached hydrogens (tertiary/aromatic N) is 1. The number of benzene rings is 3. The molecule has 0 N–H and O–H groups in total. The monoisotopic (exact) mass is 353 g/mol. The van der Waals surface area contributed by atoms with Crippen LogP contribution in [0.15, 0.2) is 89.8 Å². The lowest BCUT2D eigenvalue weighted by molar-refractivity contribution is 0.358. The first kappa shape index (κ1) is 17.5. The molecule has 0 aliphatic carbocycles. The Kier molecular flexibility index (Phi) is 5.74. The zero-order chi connectivity index (χ0) is 17.6. The van der Waals surface area contributed by atoms with Crippen LogP contribution >= 0.6 is 0 Å². The first-order valence-corrected chi connectivity index (χ1v) is 9.29. The summed E-state index contributed by atoms with van der Waals surface area (Å²) in [5.74, 6) is -0.327. The zero-order valence-electron chi connectivity index (χ0n) is 14.0. The lowest BCUT2D eigenvalue weighted by Gasteiger charge is -2.28. The predicted octanol–water partition coefficient (Wildman–Crippen LogP) is 5.11. The van der Waals surface area contributed by atoms with Crippen LogP contribution in [-0.4, -0.2) is 8.51 Å². The van der Waals surface area contributed by atoms with E-state index in [-0.39, 0.29) is 11.9 Å². The largest absolute Gasteiger partial charge is 0.237 e. The normalized spacial score (nSPS) is 13.6. The summed E-state index contributed by atoms with van der Waals surface area (Å²) < 4.78 is 28.3. The molecule has 0 saturated heterocycles. The maximum absolute atomic E-state index is 13.2. The second kappa shape index (κ2) is 8.19. The molecule has 0 aliphatic rings. The third-order valence-corrected chi connectivity index (χ3v) is 5.67. The molecule has 3 aromatic carbocycles. The minimum atomic E-state index is -1.39. The molecule has 1 unspecified atom stereocenters. The molecule has 0 amide bonds. The quantitative estimate of drug-likeness (QED) is 0.603. The van der Waals surface area contributed by atoms with Gasteiger partial charge < -0.3 is 0 Å². The van der Waals surface area contributed by atoms with Crippen molar-refractivity contribution in [3.05, 3.63) is 102 Å². The third kappa shape index (κ3) is 4.41. The molecule has 0 saturated carbocycles. The van der Waals surface area contributed by atoms with Crippen molar-refractivity contribution in [3.63, 3.8) is 0 Å². The van der Waals surface area contributed by atoms with Gasteiger partial charge in [0.15, 0.2) is 0 Å². The second-order valence-electron chi connectivity index (χ2n) is 5.85. The van der Waals surface area contributed by atoms with E-state index < -0.39 is 11.0 Å². The molecule has 0 bridgehead atoms. The number of hydrogen-bond donors (Lipinski definition) is 0. The Morgan fingerprint density at radius 3 is 2.04 bits per heavy atom. The van der Waals surface area contributed by atoms with Gasteiger partial charge in [-0.05, 0) is 42.3 Å². The molecule has 25 heavy (non-hydrogen) atoms. The lowest BCUT2D eigenvalue weighted by atomic mass is 10.1. The number of hydrogen-bond acceptors (Lipinski definition) is 1. The molecule has 0 spiro atoms. The highest BCUT2D eigenvalue weighted by atomic mass is 32.2. The summed E-state index contributed by atoms with van der Waals surface area (Å²) in [6, 6.07) is 25.8. The molecular weight excluding hydrogens is 333 g/mol. The molecule has 128 valence electrons. The first-order valence-electron chi connectivity index (χ1n) is 8.18. The Morgan fingerprint density at radius 1 is 0.880 bits per heavy atom. The molecule has 0 heterocycles. The van der Waals surface area contributed by atoms with Crippen molar-refractivity contribution in [1.29, 1.82) is 0 Å². The van der Waals surface area contributed by atoms with E-state index >= 15 is 0 Å². The zero-order valence-corrected chi connectivity index (χ0v) is 14.8. The van der Waals surface area contributed by atoms with E-state index in [1.807, 2.05) is 71.9 Å². The fourth-order valence-corrected chi connectivity index (χ4v) is 4.00. The summed E-state index contributed by atoms with van der Waals surface area (Å²) in [5.41, 5.74) is 2.18. The van der Waals surface area contributed by atoms with Crippen LogP contribution in [0.1, 0.15) is 24.1 Å². The van der Waals surface area contributed by atoms with Gasteiger partial charge in [0, 0.05) is 12.6 Å². The van der Waals surface area contributed by atoms with Crippen LogP contribution in [0.25, 0.3) is 0 Å². The third-order valence-electron chi connectivity index (χ3n) is 4.12. The molecule has 0 radical (unpaired) electrons. The van der Waals surface area contributed by atoms with Gasteiger partial charge in [0.05, 0.1) is 4.90 Å². The summed E-state index contributed by atoms with van der Waals surface area (Å²) in [5, 5.41) is 0. The van der Waals surface area contributed by atoms with Crippen LogP contribution in [0.5, 0.6) is 0 Å². The maximum Gasteiger partial charge on any atom is 0.128 e. The van der Waals surface area contributed by atoms with E-state index in [0.29, 0.717) is 11.4 Å². The SMILES string of the molecule is C[C@H](c1ccccc1)N(Cc1ccccc1)S(=O)c1ccc(F)cc1. The highest BCUT2D eigenvalue weighted by molar-refractivity contribution is 7.82. The van der Waals surface area contributed by atoms with Crippen molar-refractivity contribution >= 4 is 11.0 Å². The molecule has 3 aromatic rings. The Labute approximate surface area is 150 Å². The van der Waals surface area contributed by atoms with Gasteiger partial charge in [-0.25, -0.2) is 12.9 Å². The van der Waals surface area contributed by atoms with Crippen molar-refractivity contribution < 1.29 is 8.60 Å². The first-order chi connectivity index (χ1) is 12.1. The second-order valence-corrected chi connectivity index (χ2v) is 7.29. The summed E-state index contributed by atoms with van der Waals surface area (Å²) in [6.45, 7) is 2.58. The Hall–Kier alpha value is -2.30. The van der Waals surface area contributed by atoms with E-state index in [2.05, 4.69) is 0 Å². The van der Waals surface area contributed by atoms with Gasteiger partial charge in [0.1, 0.15) is 16.8 Å². The van der Waals surface area contributed by atoms with Gasteiger partial charge in [-0.15, -0.1) is 0 Å². The topological polar surface area (TPSA) is 20.3 Å². The van der Waals surface area contributed by atoms with Crippen molar-refractivity contribution in [1.82, 2.24) is 4.31 Å². The Morgan fingerprint density at radius 2 is 1.44 bits per heavy atom. The van der Waals surface area contributed by atoms with Crippen molar-refractivity contribution in [2.75, 3.05) is 0 Å². The van der Waals surface area contributed by atoms with Gasteiger partial charge in [0.25, 0.3) is 0 Å². The Balaban J connectivity index is 1.93. The lowest BCUT2D eigenvalue weighted by Crippen LogP contribution is -2.29. The summed E-state index contributed by atoms with van der Waals surface area (Å²) in [7, 11) is -1.39. The summed E-state index contributed by atoms with van der Waals surface area (Å²) >= 11 is 0. The van der Waals surface area contributed by atoms with Crippen LogP contribution in [0, 0.1) is 5.82 Å². The van der Waals surface area contributed by atoms with Gasteiger partial charge in [-0.3, -0.25) is 0 Å². The van der Waals surface area contributed by atoms with E-state index in [9.17, 15) is 8.60 Å². The molecule has 0 aliphatic heterocycles. The van der Waals surface area contributed by atoms with Crippen LogP contribution in [-0.2, 0) is 17.5 Å². The van der Waals surface area contributed by atoms with Gasteiger partial charge in [-0.1, -0.05) is 60.7 Å². The minimum Gasteiger partial charge on any atom is -0.237 e. The van der Waals surface area contributed by atoms with E-state index in [1.54, 1.807) is 12.1 Å². The van der Waals surface area contributed by atoms with Crippen molar-refractivity contribution in [2.24, 2.45) is 0 Å². The van der Waals surface area contributed by atoms with Crippen LogP contribution < -0.4 is 0 Å².